The molecule has 0 aromatic rings. The topological polar surface area (TPSA) is 84.7 Å². The van der Waals surface area contributed by atoms with Crippen LogP contribution >= 0.6 is 0 Å². The molecule has 0 bridgehead atoms. The van der Waals surface area contributed by atoms with E-state index in [1.807, 2.05) is 6.92 Å². The van der Waals surface area contributed by atoms with E-state index >= 15 is 0 Å². The standard InChI is InChI=1S/C11H23N3O3/c1-4-9(12)11(16)14(2)8-10(15)13-6-5-7-17-3/h9H,4-8,12H2,1-3H3,(H,13,15)/t9-/m0/s1. The van der Waals surface area contributed by atoms with Gasteiger partial charge in [-0.25, -0.2) is 0 Å². The quantitative estimate of drug-likeness (QED) is 0.556. The Bertz CT molecular complexity index is 246. The second kappa shape index (κ2) is 8.95. The molecule has 100 valence electrons. The molecule has 0 unspecified atom stereocenters. The molecule has 0 heterocycles. The molecule has 0 aliphatic carbocycles. The zero-order valence-electron chi connectivity index (χ0n) is 10.9. The molecule has 0 aliphatic rings. The number of hydrogen-bond donors (Lipinski definition) is 2. The van der Waals surface area contributed by atoms with Crippen molar-refractivity contribution in [2.45, 2.75) is 25.8 Å². The van der Waals surface area contributed by atoms with Gasteiger partial charge in [-0.1, -0.05) is 6.92 Å². The lowest BCUT2D eigenvalue weighted by atomic mass is 10.2. The van der Waals surface area contributed by atoms with E-state index in [2.05, 4.69) is 5.32 Å². The molecule has 0 aromatic carbocycles. The maximum absolute atomic E-state index is 11.6. The van der Waals surface area contributed by atoms with Gasteiger partial charge in [0.05, 0.1) is 12.6 Å². The number of carbonyl (C=O) groups is 2. The number of ether oxygens (including phenoxy) is 1. The first-order chi connectivity index (χ1) is 8.02. The van der Waals surface area contributed by atoms with Crippen LogP contribution in [-0.4, -0.2) is 56.6 Å². The zero-order valence-corrected chi connectivity index (χ0v) is 10.9. The number of nitrogens with two attached hydrogens (primary N) is 1. The summed E-state index contributed by atoms with van der Waals surface area (Å²) in [6.07, 6.45) is 1.33. The van der Waals surface area contributed by atoms with Gasteiger partial charge in [-0.15, -0.1) is 0 Å². The van der Waals surface area contributed by atoms with Crippen molar-refractivity contribution in [2.24, 2.45) is 5.73 Å². The van der Waals surface area contributed by atoms with Crippen molar-refractivity contribution < 1.29 is 14.3 Å². The van der Waals surface area contributed by atoms with Crippen LogP contribution in [0.2, 0.25) is 0 Å². The molecule has 1 atom stereocenters. The minimum Gasteiger partial charge on any atom is -0.385 e. The highest BCUT2D eigenvalue weighted by Gasteiger charge is 2.17. The second-order valence-electron chi connectivity index (χ2n) is 3.91. The van der Waals surface area contributed by atoms with Gasteiger partial charge in [-0.3, -0.25) is 9.59 Å². The van der Waals surface area contributed by atoms with Crippen LogP contribution in [0.15, 0.2) is 0 Å². The van der Waals surface area contributed by atoms with Crippen LogP contribution in [-0.2, 0) is 14.3 Å². The predicted molar refractivity (Wildman–Crippen MR) is 65.4 cm³/mol. The van der Waals surface area contributed by atoms with E-state index in [0.29, 0.717) is 19.6 Å². The monoisotopic (exact) mass is 245 g/mol. The molecule has 0 aromatic heterocycles. The number of rotatable bonds is 8. The maximum atomic E-state index is 11.6. The summed E-state index contributed by atoms with van der Waals surface area (Å²) in [6.45, 7) is 3.03. The molecular formula is C11H23N3O3. The molecule has 3 N–H and O–H groups in total. The summed E-state index contributed by atoms with van der Waals surface area (Å²) >= 11 is 0. The second-order valence-corrected chi connectivity index (χ2v) is 3.91. The van der Waals surface area contributed by atoms with Crippen LogP contribution in [0.3, 0.4) is 0 Å². The van der Waals surface area contributed by atoms with Crippen molar-refractivity contribution in [3.63, 3.8) is 0 Å². The molecule has 6 heteroatoms. The van der Waals surface area contributed by atoms with Gasteiger partial charge >= 0.3 is 0 Å². The summed E-state index contributed by atoms with van der Waals surface area (Å²) in [5.41, 5.74) is 5.59. The normalized spacial score (nSPS) is 12.0. The summed E-state index contributed by atoms with van der Waals surface area (Å²) in [6, 6.07) is -0.527. The third-order valence-electron chi connectivity index (χ3n) is 2.36. The summed E-state index contributed by atoms with van der Waals surface area (Å²) in [7, 11) is 3.19. The molecule has 17 heavy (non-hydrogen) atoms. The first-order valence-corrected chi connectivity index (χ1v) is 5.79. The number of nitrogens with zero attached hydrogens (tertiary/aromatic N) is 1. The Labute approximate surface area is 102 Å². The summed E-state index contributed by atoms with van der Waals surface area (Å²) < 4.78 is 4.86. The summed E-state index contributed by atoms with van der Waals surface area (Å²) in [4.78, 5) is 24.4. The van der Waals surface area contributed by atoms with Crippen molar-refractivity contribution in [3.8, 4) is 0 Å². The molecule has 0 aliphatic heterocycles. The van der Waals surface area contributed by atoms with E-state index < -0.39 is 6.04 Å². The molecule has 0 radical (unpaired) electrons. The molecule has 0 rings (SSSR count). The van der Waals surface area contributed by atoms with Crippen molar-refractivity contribution in [1.29, 1.82) is 0 Å². The van der Waals surface area contributed by atoms with Gasteiger partial charge in [0.1, 0.15) is 0 Å². The Morgan fingerprint density at radius 2 is 2.12 bits per heavy atom. The molecule has 2 amide bonds. The van der Waals surface area contributed by atoms with E-state index in [-0.39, 0.29) is 18.4 Å². The highest BCUT2D eigenvalue weighted by Crippen LogP contribution is 1.93. The van der Waals surface area contributed by atoms with Crippen LogP contribution in [0.4, 0.5) is 0 Å². The molecule has 0 saturated heterocycles. The van der Waals surface area contributed by atoms with Crippen molar-refractivity contribution in [1.82, 2.24) is 10.2 Å². The first-order valence-electron chi connectivity index (χ1n) is 5.79. The van der Waals surface area contributed by atoms with E-state index in [9.17, 15) is 9.59 Å². The maximum Gasteiger partial charge on any atom is 0.239 e. The Morgan fingerprint density at radius 1 is 1.47 bits per heavy atom. The van der Waals surface area contributed by atoms with E-state index in [1.165, 1.54) is 4.90 Å². The number of carbonyl (C=O) groups excluding carboxylic acids is 2. The Hall–Kier alpha value is -1.14. The highest BCUT2D eigenvalue weighted by atomic mass is 16.5. The fourth-order valence-electron chi connectivity index (χ4n) is 1.25. The van der Waals surface area contributed by atoms with E-state index in [0.717, 1.165) is 6.42 Å². The van der Waals surface area contributed by atoms with Crippen LogP contribution in [0.25, 0.3) is 0 Å². The van der Waals surface area contributed by atoms with Crippen molar-refractivity contribution in [2.75, 3.05) is 33.9 Å². The summed E-state index contributed by atoms with van der Waals surface area (Å²) in [5.74, 6) is -0.389. The lowest BCUT2D eigenvalue weighted by molar-refractivity contribution is -0.135. The van der Waals surface area contributed by atoms with Gasteiger partial charge in [0, 0.05) is 27.3 Å². The van der Waals surface area contributed by atoms with Gasteiger partial charge in [0.2, 0.25) is 11.8 Å². The van der Waals surface area contributed by atoms with Gasteiger partial charge in [-0.2, -0.15) is 0 Å². The number of hydrogen-bond acceptors (Lipinski definition) is 4. The number of amides is 2. The smallest absolute Gasteiger partial charge is 0.239 e. The zero-order chi connectivity index (χ0) is 13.3. The minimum absolute atomic E-state index is 0.0412. The van der Waals surface area contributed by atoms with Crippen LogP contribution < -0.4 is 11.1 Å². The lowest BCUT2D eigenvalue weighted by Gasteiger charge is -2.19. The summed E-state index contributed by atoms with van der Waals surface area (Å²) in [5, 5.41) is 2.71. The highest BCUT2D eigenvalue weighted by molar-refractivity contribution is 5.87. The third-order valence-corrected chi connectivity index (χ3v) is 2.36. The number of methoxy groups -OCH3 is 1. The van der Waals surface area contributed by atoms with E-state index in [4.69, 9.17) is 10.5 Å². The molecule has 0 spiro atoms. The van der Waals surface area contributed by atoms with Crippen LogP contribution in [0.5, 0.6) is 0 Å². The van der Waals surface area contributed by atoms with Crippen LogP contribution in [0, 0.1) is 0 Å². The van der Waals surface area contributed by atoms with Gasteiger partial charge in [-0.05, 0) is 12.8 Å². The third kappa shape index (κ3) is 6.91. The average molecular weight is 245 g/mol. The van der Waals surface area contributed by atoms with E-state index in [1.54, 1.807) is 14.2 Å². The number of likely N-dealkylation sites (N-methyl/N-ethyl adjacent to an activating group) is 1. The predicted octanol–water partition coefficient (Wildman–Crippen LogP) is -0.665. The van der Waals surface area contributed by atoms with Crippen molar-refractivity contribution in [3.05, 3.63) is 0 Å². The molecule has 0 saturated carbocycles. The Balaban J connectivity index is 3.83. The fraction of sp³-hybridized carbons (Fsp3) is 0.818. The van der Waals surface area contributed by atoms with Crippen molar-refractivity contribution >= 4 is 11.8 Å². The van der Waals surface area contributed by atoms with Gasteiger partial charge in [0.15, 0.2) is 0 Å². The number of nitrogens with one attached hydrogen (secondary N) is 1. The first kappa shape index (κ1) is 15.9. The van der Waals surface area contributed by atoms with Gasteiger partial charge in [0.25, 0.3) is 0 Å². The SMILES string of the molecule is CC[C@H](N)C(=O)N(C)CC(=O)NCCCOC. The van der Waals surface area contributed by atoms with Gasteiger partial charge < -0.3 is 20.7 Å². The molecular weight excluding hydrogens is 222 g/mol. The minimum atomic E-state index is -0.527. The Morgan fingerprint density at radius 3 is 2.65 bits per heavy atom. The largest absolute Gasteiger partial charge is 0.385 e. The fourth-order valence-corrected chi connectivity index (χ4v) is 1.25. The Kier molecular flexibility index (Phi) is 8.35. The van der Waals surface area contributed by atoms with Crippen LogP contribution in [0.1, 0.15) is 19.8 Å². The lowest BCUT2D eigenvalue weighted by Crippen LogP contribution is -2.45. The molecule has 6 nitrogen and oxygen atoms in total. The molecule has 0 fully saturated rings. The average Bonchev–Trinajstić information content (AvgIpc) is 2.32.